The summed E-state index contributed by atoms with van der Waals surface area (Å²) in [6, 6.07) is 13.6. The molecule has 0 radical (unpaired) electrons. The lowest BCUT2D eigenvalue weighted by atomic mass is 10.1. The highest BCUT2D eigenvalue weighted by Crippen LogP contribution is 2.12. The second-order valence-electron chi connectivity index (χ2n) is 6.61. The fourth-order valence-electron chi connectivity index (χ4n) is 2.58. The van der Waals surface area contributed by atoms with E-state index in [1.165, 1.54) is 12.1 Å². The Bertz CT molecular complexity index is 907. The topological polar surface area (TPSA) is 111 Å². The monoisotopic (exact) mass is 426 g/mol. The summed E-state index contributed by atoms with van der Waals surface area (Å²) < 4.78 is 9.79. The zero-order chi connectivity index (χ0) is 22.6. The number of ether oxygens (including phenoxy) is 2. The normalized spacial score (nSPS) is 10.1. The number of benzene rings is 2. The van der Waals surface area contributed by atoms with Gasteiger partial charge in [-0.1, -0.05) is 19.1 Å². The molecule has 0 bridgehead atoms. The quantitative estimate of drug-likeness (QED) is 0.564. The molecule has 8 nitrogen and oxygen atoms in total. The maximum Gasteiger partial charge on any atom is 0.338 e. The SMILES string of the molecule is CCOC(=O)c1ccc(NC(=O)CCC(=O)OCC(=O)Nc2ccc(CC)cc2)cc1. The molecule has 2 N–H and O–H groups in total. The number of anilines is 2. The molecule has 0 unspecified atom stereocenters. The molecule has 2 aromatic rings. The van der Waals surface area contributed by atoms with Crippen LogP contribution in [0.3, 0.4) is 0 Å². The highest BCUT2D eigenvalue weighted by atomic mass is 16.5. The summed E-state index contributed by atoms with van der Waals surface area (Å²) in [6.45, 7) is 3.61. The second kappa shape index (κ2) is 12.1. The van der Waals surface area contributed by atoms with Crippen molar-refractivity contribution in [2.24, 2.45) is 0 Å². The fraction of sp³-hybridized carbons (Fsp3) is 0.304. The van der Waals surface area contributed by atoms with Gasteiger partial charge in [0.1, 0.15) is 0 Å². The van der Waals surface area contributed by atoms with Crippen molar-refractivity contribution in [3.8, 4) is 0 Å². The number of carbonyl (C=O) groups excluding carboxylic acids is 4. The number of carbonyl (C=O) groups is 4. The molecule has 0 aliphatic carbocycles. The molecule has 0 saturated carbocycles. The van der Waals surface area contributed by atoms with Crippen LogP contribution in [-0.4, -0.2) is 37.0 Å². The number of hydrogen-bond donors (Lipinski definition) is 2. The van der Waals surface area contributed by atoms with E-state index in [0.29, 0.717) is 16.9 Å². The van der Waals surface area contributed by atoms with Gasteiger partial charge in [-0.05, 0) is 55.3 Å². The molecular formula is C23H26N2O6. The summed E-state index contributed by atoms with van der Waals surface area (Å²) in [4.78, 5) is 47.2. The molecule has 0 atom stereocenters. The van der Waals surface area contributed by atoms with E-state index in [4.69, 9.17) is 9.47 Å². The van der Waals surface area contributed by atoms with Crippen LogP contribution in [0.4, 0.5) is 11.4 Å². The Labute approximate surface area is 180 Å². The van der Waals surface area contributed by atoms with Gasteiger partial charge in [-0.2, -0.15) is 0 Å². The van der Waals surface area contributed by atoms with Crippen LogP contribution >= 0.6 is 0 Å². The van der Waals surface area contributed by atoms with E-state index >= 15 is 0 Å². The van der Waals surface area contributed by atoms with Gasteiger partial charge in [-0.25, -0.2) is 4.79 Å². The molecule has 31 heavy (non-hydrogen) atoms. The predicted octanol–water partition coefficient (Wildman–Crippen LogP) is 3.33. The third-order valence-corrected chi connectivity index (χ3v) is 4.25. The summed E-state index contributed by atoms with van der Waals surface area (Å²) in [5, 5.41) is 5.26. The van der Waals surface area contributed by atoms with Crippen molar-refractivity contribution >= 4 is 35.1 Å². The van der Waals surface area contributed by atoms with Crippen molar-refractivity contribution in [3.05, 3.63) is 59.7 Å². The molecule has 2 rings (SSSR count). The van der Waals surface area contributed by atoms with Crippen LogP contribution in [0.25, 0.3) is 0 Å². The van der Waals surface area contributed by atoms with E-state index in [9.17, 15) is 19.2 Å². The van der Waals surface area contributed by atoms with Crippen molar-refractivity contribution in [3.63, 3.8) is 0 Å². The Morgan fingerprint density at radius 1 is 0.742 bits per heavy atom. The van der Waals surface area contributed by atoms with Gasteiger partial charge < -0.3 is 20.1 Å². The average molecular weight is 426 g/mol. The summed E-state index contributed by atoms with van der Waals surface area (Å²) in [7, 11) is 0. The lowest BCUT2D eigenvalue weighted by Gasteiger charge is -2.08. The lowest BCUT2D eigenvalue weighted by Crippen LogP contribution is -2.21. The number of rotatable bonds is 10. The average Bonchev–Trinajstić information content (AvgIpc) is 2.77. The molecule has 0 heterocycles. The Hall–Kier alpha value is -3.68. The summed E-state index contributed by atoms with van der Waals surface area (Å²) >= 11 is 0. The smallest absolute Gasteiger partial charge is 0.338 e. The molecule has 8 heteroatoms. The lowest BCUT2D eigenvalue weighted by molar-refractivity contribution is -0.147. The molecule has 0 aliphatic rings. The minimum atomic E-state index is -0.649. The van der Waals surface area contributed by atoms with Gasteiger partial charge in [0, 0.05) is 17.8 Å². The van der Waals surface area contributed by atoms with Crippen molar-refractivity contribution < 1.29 is 28.7 Å². The van der Waals surface area contributed by atoms with Crippen molar-refractivity contribution in [2.75, 3.05) is 23.8 Å². The van der Waals surface area contributed by atoms with Crippen molar-refractivity contribution in [1.29, 1.82) is 0 Å². The maximum atomic E-state index is 12.0. The minimum Gasteiger partial charge on any atom is -0.462 e. The van der Waals surface area contributed by atoms with Gasteiger partial charge in [-0.15, -0.1) is 0 Å². The van der Waals surface area contributed by atoms with Crippen molar-refractivity contribution in [1.82, 2.24) is 0 Å². The van der Waals surface area contributed by atoms with Crippen LogP contribution < -0.4 is 10.6 Å². The molecular weight excluding hydrogens is 400 g/mol. The van der Waals surface area contributed by atoms with E-state index in [1.807, 2.05) is 19.1 Å². The molecule has 0 aliphatic heterocycles. The van der Waals surface area contributed by atoms with Gasteiger partial charge in [0.05, 0.1) is 18.6 Å². The summed E-state index contributed by atoms with van der Waals surface area (Å²) in [5.41, 5.74) is 2.63. The molecule has 0 spiro atoms. The van der Waals surface area contributed by atoms with Crippen LogP contribution in [0.15, 0.2) is 48.5 Å². The first-order valence-electron chi connectivity index (χ1n) is 10.0. The predicted molar refractivity (Wildman–Crippen MR) is 116 cm³/mol. The largest absolute Gasteiger partial charge is 0.462 e. The Kier molecular flexibility index (Phi) is 9.22. The number of nitrogens with one attached hydrogen (secondary N) is 2. The van der Waals surface area contributed by atoms with E-state index < -0.39 is 24.5 Å². The highest BCUT2D eigenvalue weighted by molar-refractivity contribution is 5.95. The van der Waals surface area contributed by atoms with Crippen LogP contribution in [0.5, 0.6) is 0 Å². The van der Waals surface area contributed by atoms with E-state index in [2.05, 4.69) is 10.6 Å². The van der Waals surface area contributed by atoms with Gasteiger partial charge >= 0.3 is 11.9 Å². The van der Waals surface area contributed by atoms with E-state index in [-0.39, 0.29) is 25.4 Å². The summed E-state index contributed by atoms with van der Waals surface area (Å²) in [6.07, 6.45) is 0.641. The van der Waals surface area contributed by atoms with E-state index in [1.54, 1.807) is 31.2 Å². The zero-order valence-electron chi connectivity index (χ0n) is 17.6. The first kappa shape index (κ1) is 23.6. The standard InChI is InChI=1S/C23H26N2O6/c1-3-16-5-9-18(10-6-16)25-21(27)15-31-22(28)14-13-20(26)24-19-11-7-17(8-12-19)23(29)30-4-2/h5-12H,3-4,13-15H2,1-2H3,(H,24,26)(H,25,27). The maximum absolute atomic E-state index is 12.0. The molecule has 164 valence electrons. The van der Waals surface area contributed by atoms with Crippen LogP contribution in [0, 0.1) is 0 Å². The van der Waals surface area contributed by atoms with Crippen LogP contribution in [0.2, 0.25) is 0 Å². The third-order valence-electron chi connectivity index (χ3n) is 4.25. The molecule has 0 aromatic heterocycles. The van der Waals surface area contributed by atoms with E-state index in [0.717, 1.165) is 12.0 Å². The number of hydrogen-bond acceptors (Lipinski definition) is 6. The van der Waals surface area contributed by atoms with Crippen molar-refractivity contribution in [2.45, 2.75) is 33.1 Å². The van der Waals surface area contributed by atoms with Gasteiger partial charge in [0.15, 0.2) is 6.61 Å². The van der Waals surface area contributed by atoms with Crippen LogP contribution in [0.1, 0.15) is 42.6 Å². The molecule has 2 aromatic carbocycles. The Morgan fingerprint density at radius 2 is 1.32 bits per heavy atom. The molecule has 2 amide bonds. The molecule has 0 saturated heterocycles. The minimum absolute atomic E-state index is 0.0987. The second-order valence-corrected chi connectivity index (χ2v) is 6.61. The van der Waals surface area contributed by atoms with Gasteiger partial charge in [-0.3, -0.25) is 14.4 Å². The third kappa shape index (κ3) is 8.30. The van der Waals surface area contributed by atoms with Crippen LogP contribution in [-0.2, 0) is 30.3 Å². The number of amides is 2. The van der Waals surface area contributed by atoms with Gasteiger partial charge in [0.25, 0.3) is 5.91 Å². The summed E-state index contributed by atoms with van der Waals surface area (Å²) in [5.74, 6) is -1.93. The molecule has 0 fully saturated rings. The number of esters is 2. The Morgan fingerprint density at radius 3 is 1.90 bits per heavy atom. The fourth-order valence-corrected chi connectivity index (χ4v) is 2.58. The highest BCUT2D eigenvalue weighted by Gasteiger charge is 2.12. The van der Waals surface area contributed by atoms with Gasteiger partial charge in [0.2, 0.25) is 5.91 Å². The first-order valence-corrected chi connectivity index (χ1v) is 10.0. The zero-order valence-corrected chi connectivity index (χ0v) is 17.6. The number of aryl methyl sites for hydroxylation is 1. The first-order chi connectivity index (χ1) is 14.9. The Balaban J connectivity index is 1.68.